The van der Waals surface area contributed by atoms with Gasteiger partial charge in [0.15, 0.2) is 10.8 Å². The maximum atomic E-state index is 12.5. The minimum absolute atomic E-state index is 0.235. The van der Waals surface area contributed by atoms with Crippen molar-refractivity contribution in [1.29, 1.82) is 0 Å². The Morgan fingerprint density at radius 1 is 1.29 bits per heavy atom. The van der Waals surface area contributed by atoms with E-state index in [9.17, 15) is 17.4 Å². The number of nitrogens with zero attached hydrogens (tertiary/aromatic N) is 3. The molecule has 2 aromatic rings. The van der Waals surface area contributed by atoms with Crippen LogP contribution in [0.2, 0.25) is 0 Å². The number of rotatable bonds is 2. The fourth-order valence-electron chi connectivity index (χ4n) is 2.14. The molecular weight excluding hydrogens is 303 g/mol. The van der Waals surface area contributed by atoms with Gasteiger partial charge in [0.05, 0.1) is 5.69 Å². The first-order valence-electron chi connectivity index (χ1n) is 6.41. The molecule has 1 unspecified atom stereocenters. The molecule has 21 heavy (non-hydrogen) atoms. The van der Waals surface area contributed by atoms with Crippen molar-refractivity contribution >= 4 is 16.4 Å². The van der Waals surface area contributed by atoms with Crippen LogP contribution < -0.4 is 0 Å². The van der Waals surface area contributed by atoms with E-state index in [0.29, 0.717) is 12.1 Å². The van der Waals surface area contributed by atoms with E-state index in [1.165, 1.54) is 6.33 Å². The molecule has 0 fully saturated rings. The van der Waals surface area contributed by atoms with E-state index < -0.39 is 21.3 Å². The van der Waals surface area contributed by atoms with E-state index in [2.05, 4.69) is 9.97 Å². The number of alkyl halides is 3. The summed E-state index contributed by atoms with van der Waals surface area (Å²) in [4.78, 5) is 8.08. The highest BCUT2D eigenvalue weighted by atomic mass is 32.2. The Hall–Kier alpha value is -1.44. The van der Waals surface area contributed by atoms with Gasteiger partial charge in [0.2, 0.25) is 0 Å². The molecule has 2 aromatic heterocycles. The largest absolute Gasteiger partial charge is 0.477 e. The molecule has 0 radical (unpaired) electrons. The van der Waals surface area contributed by atoms with E-state index >= 15 is 0 Å². The number of hydrogen-bond donors (Lipinski definition) is 0. The van der Waals surface area contributed by atoms with Crippen molar-refractivity contribution in [2.24, 2.45) is 0 Å². The maximum absolute atomic E-state index is 12.5. The van der Waals surface area contributed by atoms with E-state index in [1.54, 1.807) is 4.40 Å². The van der Waals surface area contributed by atoms with Crippen molar-refractivity contribution in [1.82, 2.24) is 14.4 Å². The van der Waals surface area contributed by atoms with Crippen LogP contribution in [0.3, 0.4) is 0 Å². The molecule has 0 amide bonds. The Morgan fingerprint density at radius 2 is 1.90 bits per heavy atom. The summed E-state index contributed by atoms with van der Waals surface area (Å²) in [6.07, 6.45) is 1.94. The number of aryl methyl sites for hydroxylation is 1. The SMILES string of the molecule is CCc1c(C(C)(C)C)nc2cc(S(=O)C(F)(F)F)ncn12. The molecule has 0 aromatic carbocycles. The van der Waals surface area contributed by atoms with E-state index in [4.69, 9.17) is 0 Å². The first-order chi connectivity index (χ1) is 9.55. The zero-order valence-corrected chi connectivity index (χ0v) is 13.0. The first kappa shape index (κ1) is 15.9. The monoisotopic (exact) mass is 319 g/mol. The second kappa shape index (κ2) is 5.08. The van der Waals surface area contributed by atoms with Crippen molar-refractivity contribution in [2.45, 2.75) is 50.1 Å². The number of halogens is 3. The Balaban J connectivity index is 2.63. The molecule has 0 N–H and O–H groups in total. The summed E-state index contributed by atoms with van der Waals surface area (Å²) in [5.74, 6) is 0. The van der Waals surface area contributed by atoms with Crippen LogP contribution in [0.5, 0.6) is 0 Å². The summed E-state index contributed by atoms with van der Waals surface area (Å²) in [6.45, 7) is 7.89. The second-order valence-electron chi connectivity index (χ2n) is 5.68. The average molecular weight is 319 g/mol. The molecule has 116 valence electrons. The van der Waals surface area contributed by atoms with Crippen molar-refractivity contribution < 1.29 is 17.4 Å². The van der Waals surface area contributed by atoms with E-state index in [0.717, 1.165) is 17.5 Å². The van der Waals surface area contributed by atoms with Crippen LogP contribution in [0, 0.1) is 0 Å². The molecule has 2 heterocycles. The fraction of sp³-hybridized carbons (Fsp3) is 0.538. The van der Waals surface area contributed by atoms with Crippen molar-refractivity contribution in [2.75, 3.05) is 0 Å². The Bertz CT molecular complexity index is 701. The van der Waals surface area contributed by atoms with Crippen molar-refractivity contribution in [3.05, 3.63) is 23.8 Å². The van der Waals surface area contributed by atoms with Crippen LogP contribution >= 0.6 is 0 Å². The fourth-order valence-corrected chi connectivity index (χ4v) is 2.73. The molecule has 2 rings (SSSR count). The molecule has 4 nitrogen and oxygen atoms in total. The van der Waals surface area contributed by atoms with Crippen LogP contribution in [-0.2, 0) is 22.6 Å². The highest BCUT2D eigenvalue weighted by Crippen LogP contribution is 2.29. The molecule has 0 saturated carbocycles. The van der Waals surface area contributed by atoms with Crippen LogP contribution in [-0.4, -0.2) is 24.1 Å². The molecule has 8 heteroatoms. The first-order valence-corrected chi connectivity index (χ1v) is 7.56. The molecule has 0 spiro atoms. The van der Waals surface area contributed by atoms with Gasteiger partial charge in [-0.15, -0.1) is 0 Å². The maximum Gasteiger partial charge on any atom is 0.477 e. The van der Waals surface area contributed by atoms with Crippen molar-refractivity contribution in [3.63, 3.8) is 0 Å². The number of imidazole rings is 1. The summed E-state index contributed by atoms with van der Waals surface area (Å²) < 4.78 is 50.5. The van der Waals surface area contributed by atoms with Crippen LogP contribution in [0.15, 0.2) is 17.4 Å². The molecule has 0 saturated heterocycles. The molecule has 1 atom stereocenters. The topological polar surface area (TPSA) is 47.3 Å². The van der Waals surface area contributed by atoms with Gasteiger partial charge in [0, 0.05) is 17.2 Å². The van der Waals surface area contributed by atoms with Crippen LogP contribution in [0.1, 0.15) is 39.1 Å². The third kappa shape index (κ3) is 2.95. The van der Waals surface area contributed by atoms with Gasteiger partial charge in [-0.05, 0) is 6.42 Å². The molecule has 0 aliphatic rings. The van der Waals surface area contributed by atoms with Gasteiger partial charge in [-0.3, -0.25) is 4.40 Å². The highest BCUT2D eigenvalue weighted by Gasteiger charge is 2.39. The normalized spacial score (nSPS) is 14.6. The molecular formula is C13H16F3N3OS. The summed E-state index contributed by atoms with van der Waals surface area (Å²) in [7, 11) is -3.14. The number of hydrogen-bond acceptors (Lipinski definition) is 3. The predicted molar refractivity (Wildman–Crippen MR) is 73.5 cm³/mol. The van der Waals surface area contributed by atoms with Gasteiger partial charge in [-0.2, -0.15) is 13.2 Å². The second-order valence-corrected chi connectivity index (χ2v) is 7.10. The van der Waals surface area contributed by atoms with Gasteiger partial charge in [-0.25, -0.2) is 14.2 Å². The zero-order valence-electron chi connectivity index (χ0n) is 12.2. The standard InChI is InChI=1S/C13H16F3N3OS/c1-5-8-11(12(2,3)4)18-9-6-10(17-7-19(8)9)21(20)13(14,15)16/h6-7H,5H2,1-4H3. The third-order valence-corrected chi connectivity index (χ3v) is 4.06. The number of fused-ring (bicyclic) bond motifs is 1. The van der Waals surface area contributed by atoms with Gasteiger partial charge in [0.25, 0.3) is 0 Å². The molecule has 0 bridgehead atoms. The van der Waals surface area contributed by atoms with Gasteiger partial charge in [-0.1, -0.05) is 27.7 Å². The zero-order chi connectivity index (χ0) is 16.0. The van der Waals surface area contributed by atoms with Crippen molar-refractivity contribution in [3.8, 4) is 0 Å². The van der Waals surface area contributed by atoms with Crippen LogP contribution in [0.4, 0.5) is 13.2 Å². The third-order valence-electron chi connectivity index (χ3n) is 3.04. The number of aromatic nitrogens is 3. The minimum Gasteiger partial charge on any atom is -0.287 e. The Morgan fingerprint density at radius 3 is 2.38 bits per heavy atom. The van der Waals surface area contributed by atoms with Gasteiger partial charge in [0.1, 0.15) is 17.0 Å². The lowest BCUT2D eigenvalue weighted by atomic mass is 9.90. The molecule has 0 aliphatic carbocycles. The van der Waals surface area contributed by atoms with Gasteiger partial charge >= 0.3 is 5.51 Å². The summed E-state index contributed by atoms with van der Waals surface area (Å²) in [5, 5.41) is -0.525. The quantitative estimate of drug-likeness (QED) is 0.799. The highest BCUT2D eigenvalue weighted by molar-refractivity contribution is 7.85. The minimum atomic E-state index is -4.82. The predicted octanol–water partition coefficient (Wildman–Crippen LogP) is 3.22. The van der Waals surface area contributed by atoms with E-state index in [1.807, 2.05) is 27.7 Å². The van der Waals surface area contributed by atoms with E-state index in [-0.39, 0.29) is 5.41 Å². The lowest BCUT2D eigenvalue weighted by Gasteiger charge is -2.17. The summed E-state index contributed by atoms with van der Waals surface area (Å²) >= 11 is 0. The summed E-state index contributed by atoms with van der Waals surface area (Å²) in [5.41, 5.74) is -3.02. The Kier molecular flexibility index (Phi) is 3.86. The van der Waals surface area contributed by atoms with Crippen LogP contribution in [0.25, 0.3) is 5.65 Å². The lowest BCUT2D eigenvalue weighted by molar-refractivity contribution is -0.0386. The Labute approximate surface area is 122 Å². The van der Waals surface area contributed by atoms with Gasteiger partial charge < -0.3 is 0 Å². The lowest BCUT2D eigenvalue weighted by Crippen LogP contribution is -2.17. The summed E-state index contributed by atoms with van der Waals surface area (Å²) in [6, 6.07) is 1.14. The smallest absolute Gasteiger partial charge is 0.287 e. The molecule has 0 aliphatic heterocycles. The average Bonchev–Trinajstić information content (AvgIpc) is 2.74.